The number of methoxy groups -OCH3 is 1. The van der Waals surface area contributed by atoms with E-state index in [4.69, 9.17) is 21.1 Å². The van der Waals surface area contributed by atoms with Gasteiger partial charge in [0.15, 0.2) is 5.78 Å². The molecule has 0 radical (unpaired) electrons. The van der Waals surface area contributed by atoms with E-state index in [1.54, 1.807) is 42.5 Å². The van der Waals surface area contributed by atoms with Gasteiger partial charge in [0.1, 0.15) is 28.4 Å². The van der Waals surface area contributed by atoms with E-state index in [2.05, 4.69) is 0 Å². The summed E-state index contributed by atoms with van der Waals surface area (Å²) in [4.78, 5) is 12.7. The van der Waals surface area contributed by atoms with Crippen molar-refractivity contribution in [3.05, 3.63) is 64.2 Å². The van der Waals surface area contributed by atoms with Crippen LogP contribution in [-0.2, 0) is 0 Å². The standard InChI is InChI=1S/C21H19ClO4/c1-21(2)11-10-15-17(26-21)12-18(25-3)19(20(15)24)16(23)9-6-13-4-7-14(22)8-5-13/h4-12,24H,1-3H3/b9-6+. The highest BCUT2D eigenvalue weighted by Crippen LogP contribution is 2.43. The van der Waals surface area contributed by atoms with Crippen molar-refractivity contribution in [3.8, 4) is 17.2 Å². The molecule has 0 saturated heterocycles. The normalized spacial score (nSPS) is 14.8. The van der Waals surface area contributed by atoms with Gasteiger partial charge in [-0.05, 0) is 49.8 Å². The van der Waals surface area contributed by atoms with Crippen LogP contribution >= 0.6 is 11.6 Å². The van der Waals surface area contributed by atoms with E-state index in [0.717, 1.165) is 5.56 Å². The van der Waals surface area contributed by atoms with Crippen LogP contribution in [0.5, 0.6) is 17.2 Å². The lowest BCUT2D eigenvalue weighted by atomic mass is 9.97. The molecule has 1 aliphatic rings. The fourth-order valence-corrected chi connectivity index (χ4v) is 2.84. The Hall–Kier alpha value is -2.72. The molecule has 2 aromatic rings. The zero-order valence-corrected chi connectivity index (χ0v) is 15.5. The van der Waals surface area contributed by atoms with Gasteiger partial charge >= 0.3 is 0 Å². The molecule has 1 aliphatic heterocycles. The molecular formula is C21H19ClO4. The van der Waals surface area contributed by atoms with Crippen molar-refractivity contribution in [2.24, 2.45) is 0 Å². The minimum atomic E-state index is -0.496. The molecule has 0 bridgehead atoms. The number of carbonyl (C=O) groups excluding carboxylic acids is 1. The average Bonchev–Trinajstić information content (AvgIpc) is 2.59. The lowest BCUT2D eigenvalue weighted by Crippen LogP contribution is -2.27. The third kappa shape index (κ3) is 3.60. The van der Waals surface area contributed by atoms with Crippen molar-refractivity contribution in [1.29, 1.82) is 0 Å². The van der Waals surface area contributed by atoms with Crippen molar-refractivity contribution >= 4 is 29.5 Å². The van der Waals surface area contributed by atoms with Crippen molar-refractivity contribution in [3.63, 3.8) is 0 Å². The highest BCUT2D eigenvalue weighted by molar-refractivity contribution is 6.30. The van der Waals surface area contributed by atoms with E-state index in [0.29, 0.717) is 16.3 Å². The van der Waals surface area contributed by atoms with Gasteiger partial charge < -0.3 is 14.6 Å². The molecule has 0 unspecified atom stereocenters. The number of fused-ring (bicyclic) bond motifs is 1. The van der Waals surface area contributed by atoms with E-state index in [1.807, 2.05) is 19.9 Å². The molecular weight excluding hydrogens is 352 g/mol. The van der Waals surface area contributed by atoms with Gasteiger partial charge in [-0.15, -0.1) is 0 Å². The van der Waals surface area contributed by atoms with Crippen LogP contribution in [0.15, 0.2) is 42.5 Å². The smallest absolute Gasteiger partial charge is 0.193 e. The van der Waals surface area contributed by atoms with E-state index in [9.17, 15) is 9.90 Å². The first kappa shape index (κ1) is 18.1. The van der Waals surface area contributed by atoms with Gasteiger partial charge in [0, 0.05) is 11.1 Å². The summed E-state index contributed by atoms with van der Waals surface area (Å²) in [6.45, 7) is 3.81. The summed E-state index contributed by atoms with van der Waals surface area (Å²) in [6.07, 6.45) is 6.64. The molecule has 0 saturated carbocycles. The van der Waals surface area contributed by atoms with Crippen LogP contribution in [0.2, 0.25) is 5.02 Å². The number of ether oxygens (including phenoxy) is 2. The Morgan fingerprint density at radius 1 is 1.27 bits per heavy atom. The molecule has 0 spiro atoms. The van der Waals surface area contributed by atoms with Crippen LogP contribution in [0.3, 0.4) is 0 Å². The lowest BCUT2D eigenvalue weighted by Gasteiger charge is -2.29. The molecule has 0 fully saturated rings. The second-order valence-corrected chi connectivity index (χ2v) is 6.94. The summed E-state index contributed by atoms with van der Waals surface area (Å²) in [5, 5.41) is 11.3. The van der Waals surface area contributed by atoms with Crippen molar-refractivity contribution in [1.82, 2.24) is 0 Å². The zero-order chi connectivity index (χ0) is 18.9. The van der Waals surface area contributed by atoms with Gasteiger partial charge in [-0.1, -0.05) is 29.8 Å². The van der Waals surface area contributed by atoms with Gasteiger partial charge in [0.05, 0.1) is 12.7 Å². The quantitative estimate of drug-likeness (QED) is 0.598. The number of benzene rings is 2. The zero-order valence-electron chi connectivity index (χ0n) is 14.7. The van der Waals surface area contributed by atoms with Gasteiger partial charge in [-0.25, -0.2) is 0 Å². The molecule has 0 atom stereocenters. The van der Waals surface area contributed by atoms with Crippen molar-refractivity contribution in [2.75, 3.05) is 7.11 Å². The monoisotopic (exact) mass is 370 g/mol. The number of phenols is 1. The fourth-order valence-electron chi connectivity index (χ4n) is 2.71. The SMILES string of the molecule is COc1cc2c(c(O)c1C(=O)/C=C/c1ccc(Cl)cc1)C=CC(C)(C)O2. The number of hydrogen-bond donors (Lipinski definition) is 1. The first-order valence-corrected chi connectivity index (χ1v) is 8.49. The highest BCUT2D eigenvalue weighted by Gasteiger charge is 2.28. The fraction of sp³-hybridized carbons (Fsp3) is 0.190. The number of ketones is 1. The lowest BCUT2D eigenvalue weighted by molar-refractivity contribution is 0.104. The predicted molar refractivity (Wildman–Crippen MR) is 103 cm³/mol. The van der Waals surface area contributed by atoms with Crippen LogP contribution in [0.1, 0.15) is 35.3 Å². The Balaban J connectivity index is 1.99. The Labute approximate surface area is 157 Å². The highest BCUT2D eigenvalue weighted by atomic mass is 35.5. The Morgan fingerprint density at radius 3 is 2.62 bits per heavy atom. The molecule has 4 nitrogen and oxygen atoms in total. The first-order valence-electron chi connectivity index (χ1n) is 8.11. The second kappa shape index (κ2) is 6.89. The molecule has 0 amide bonds. The van der Waals surface area contributed by atoms with Gasteiger partial charge in [0.25, 0.3) is 0 Å². The number of carbonyl (C=O) groups is 1. The molecule has 1 heterocycles. The maximum Gasteiger partial charge on any atom is 0.193 e. The molecule has 5 heteroatoms. The minimum Gasteiger partial charge on any atom is -0.506 e. The van der Waals surface area contributed by atoms with E-state index in [-0.39, 0.29) is 22.8 Å². The summed E-state index contributed by atoms with van der Waals surface area (Å²) in [6, 6.07) is 8.71. The third-order valence-corrected chi connectivity index (χ3v) is 4.31. The Bertz CT molecular complexity index is 909. The Kier molecular flexibility index (Phi) is 4.79. The Morgan fingerprint density at radius 2 is 1.96 bits per heavy atom. The third-order valence-electron chi connectivity index (χ3n) is 4.05. The number of aromatic hydroxyl groups is 1. The number of rotatable bonds is 4. The topological polar surface area (TPSA) is 55.8 Å². The van der Waals surface area contributed by atoms with Crippen LogP contribution in [0.25, 0.3) is 12.2 Å². The molecule has 26 heavy (non-hydrogen) atoms. The molecule has 134 valence electrons. The summed E-state index contributed by atoms with van der Waals surface area (Å²) >= 11 is 5.86. The predicted octanol–water partition coefficient (Wildman–Crippen LogP) is 5.13. The summed E-state index contributed by atoms with van der Waals surface area (Å²) in [7, 11) is 1.45. The minimum absolute atomic E-state index is 0.101. The maximum atomic E-state index is 12.7. The van der Waals surface area contributed by atoms with Gasteiger partial charge in [0.2, 0.25) is 0 Å². The largest absolute Gasteiger partial charge is 0.506 e. The van der Waals surface area contributed by atoms with E-state index < -0.39 is 5.60 Å². The van der Waals surface area contributed by atoms with Crippen molar-refractivity contribution < 1.29 is 19.4 Å². The van der Waals surface area contributed by atoms with Crippen LogP contribution < -0.4 is 9.47 Å². The number of phenolic OH excluding ortho intramolecular Hbond substituents is 1. The summed E-state index contributed by atoms with van der Waals surface area (Å²) in [5.41, 5.74) is 0.895. The number of hydrogen-bond acceptors (Lipinski definition) is 4. The number of halogens is 1. The number of allylic oxidation sites excluding steroid dienone is 1. The summed E-state index contributed by atoms with van der Waals surface area (Å²) in [5.74, 6) is 0.218. The van der Waals surface area contributed by atoms with Crippen LogP contribution in [0.4, 0.5) is 0 Å². The molecule has 2 aromatic carbocycles. The van der Waals surface area contributed by atoms with Gasteiger partial charge in [-0.3, -0.25) is 4.79 Å². The van der Waals surface area contributed by atoms with Crippen molar-refractivity contribution in [2.45, 2.75) is 19.4 Å². The van der Waals surface area contributed by atoms with E-state index in [1.165, 1.54) is 13.2 Å². The van der Waals surface area contributed by atoms with Crippen LogP contribution in [-0.4, -0.2) is 23.6 Å². The van der Waals surface area contributed by atoms with E-state index >= 15 is 0 Å². The molecule has 0 aromatic heterocycles. The van der Waals surface area contributed by atoms with Crippen LogP contribution in [0, 0.1) is 0 Å². The van der Waals surface area contributed by atoms with Gasteiger partial charge in [-0.2, -0.15) is 0 Å². The molecule has 1 N–H and O–H groups in total. The first-order chi connectivity index (χ1) is 12.3. The maximum absolute atomic E-state index is 12.7. The molecule has 3 rings (SSSR count). The summed E-state index contributed by atoms with van der Waals surface area (Å²) < 4.78 is 11.2. The molecule has 0 aliphatic carbocycles. The average molecular weight is 371 g/mol. The second-order valence-electron chi connectivity index (χ2n) is 6.50.